The van der Waals surface area contributed by atoms with Gasteiger partial charge >= 0.3 is 0 Å². The van der Waals surface area contributed by atoms with Crippen molar-refractivity contribution in [3.05, 3.63) is 41.4 Å². The van der Waals surface area contributed by atoms with Gasteiger partial charge in [0.1, 0.15) is 0 Å². The Morgan fingerprint density at radius 2 is 2.12 bits per heavy atom. The summed E-state index contributed by atoms with van der Waals surface area (Å²) in [5.74, 6) is 0. The Labute approximate surface area is 104 Å². The molecule has 1 heterocycles. The minimum Gasteiger partial charge on any atom is -0.332 e. The summed E-state index contributed by atoms with van der Waals surface area (Å²) in [5.41, 5.74) is 2.17. The molecule has 0 radical (unpaired) electrons. The topological polar surface area (TPSA) is 37.0 Å². The number of thiocarbonyl (C=S) groups is 1. The first-order valence-corrected chi connectivity index (χ1v) is 6.07. The summed E-state index contributed by atoms with van der Waals surface area (Å²) < 4.78 is 0. The second-order valence-corrected chi connectivity index (χ2v) is 4.53. The van der Waals surface area contributed by atoms with Crippen LogP contribution in [0.5, 0.6) is 0 Å². The number of aryl methyl sites for hydroxylation is 1. The molecule has 0 saturated heterocycles. The van der Waals surface area contributed by atoms with Crippen LogP contribution in [-0.4, -0.2) is 10.1 Å². The van der Waals surface area contributed by atoms with Gasteiger partial charge in [-0.1, -0.05) is 18.2 Å². The number of benzene rings is 1. The van der Waals surface area contributed by atoms with Gasteiger partial charge in [-0.2, -0.15) is 0 Å². The fourth-order valence-corrected chi connectivity index (χ4v) is 2.05. The number of hydrogen-bond donors (Lipinski definition) is 2. The summed E-state index contributed by atoms with van der Waals surface area (Å²) in [6, 6.07) is 8.00. The molecule has 0 bridgehead atoms. The van der Waals surface area contributed by atoms with Gasteiger partial charge in [-0.3, -0.25) is 0 Å². The van der Waals surface area contributed by atoms with Crippen molar-refractivity contribution >= 4 is 39.5 Å². The summed E-state index contributed by atoms with van der Waals surface area (Å²) in [7, 11) is 0. The molecule has 0 aliphatic carbocycles. The van der Waals surface area contributed by atoms with E-state index in [9.17, 15) is 0 Å². The Kier molecular flexibility index (Phi) is 3.48. The van der Waals surface area contributed by atoms with Crippen molar-refractivity contribution in [2.45, 2.75) is 6.92 Å². The first-order valence-electron chi connectivity index (χ1n) is 4.79. The van der Waals surface area contributed by atoms with E-state index in [2.05, 4.69) is 15.6 Å². The van der Waals surface area contributed by atoms with Gasteiger partial charge in [0.25, 0.3) is 0 Å². The molecule has 0 amide bonds. The maximum Gasteiger partial charge on any atom is 0.188 e. The molecule has 0 fully saturated rings. The van der Waals surface area contributed by atoms with Crippen LogP contribution < -0.4 is 10.6 Å². The van der Waals surface area contributed by atoms with Crippen LogP contribution in [0.3, 0.4) is 0 Å². The predicted molar refractivity (Wildman–Crippen MR) is 73.1 cm³/mol. The SMILES string of the molecule is Cc1ccccc1NC(=S)Nc1nccs1. The van der Waals surface area contributed by atoms with Gasteiger partial charge in [0, 0.05) is 17.3 Å². The largest absolute Gasteiger partial charge is 0.332 e. The number of hydrogen-bond acceptors (Lipinski definition) is 3. The molecule has 2 aromatic rings. The molecular formula is C11H11N3S2. The first-order chi connectivity index (χ1) is 7.75. The van der Waals surface area contributed by atoms with E-state index in [4.69, 9.17) is 12.2 Å². The van der Waals surface area contributed by atoms with E-state index in [1.54, 1.807) is 6.20 Å². The van der Waals surface area contributed by atoms with E-state index in [0.29, 0.717) is 5.11 Å². The number of thiazole rings is 1. The summed E-state index contributed by atoms with van der Waals surface area (Å²) >= 11 is 6.70. The zero-order valence-corrected chi connectivity index (χ0v) is 10.4. The molecule has 5 heteroatoms. The highest BCUT2D eigenvalue weighted by molar-refractivity contribution is 7.80. The van der Waals surface area contributed by atoms with Gasteiger partial charge in [-0.05, 0) is 30.8 Å². The van der Waals surface area contributed by atoms with Crippen molar-refractivity contribution in [3.8, 4) is 0 Å². The van der Waals surface area contributed by atoms with Gasteiger partial charge in [-0.15, -0.1) is 11.3 Å². The average Bonchev–Trinajstić information content (AvgIpc) is 2.74. The first kappa shape index (κ1) is 11.0. The lowest BCUT2D eigenvalue weighted by Crippen LogP contribution is -2.19. The van der Waals surface area contributed by atoms with Crippen LogP contribution in [0.15, 0.2) is 35.8 Å². The molecule has 0 spiro atoms. The van der Waals surface area contributed by atoms with E-state index in [0.717, 1.165) is 16.4 Å². The fraction of sp³-hybridized carbons (Fsp3) is 0.0909. The van der Waals surface area contributed by atoms with E-state index >= 15 is 0 Å². The number of nitrogens with one attached hydrogen (secondary N) is 2. The summed E-state index contributed by atoms with van der Waals surface area (Å²) in [4.78, 5) is 4.10. The van der Waals surface area contributed by atoms with Gasteiger partial charge < -0.3 is 10.6 Å². The molecule has 0 saturated carbocycles. The second-order valence-electron chi connectivity index (χ2n) is 3.23. The molecule has 0 atom stereocenters. The quantitative estimate of drug-likeness (QED) is 0.801. The minimum absolute atomic E-state index is 0.559. The third-order valence-corrected chi connectivity index (χ3v) is 2.94. The van der Waals surface area contributed by atoms with E-state index in [1.807, 2.05) is 36.6 Å². The zero-order chi connectivity index (χ0) is 11.4. The standard InChI is InChI=1S/C11H11N3S2/c1-8-4-2-3-5-9(8)13-10(15)14-11-12-6-7-16-11/h2-7H,1H3,(H2,12,13,14,15). The molecule has 1 aromatic carbocycles. The third kappa shape index (κ3) is 2.77. The molecule has 82 valence electrons. The average molecular weight is 249 g/mol. The molecule has 2 rings (SSSR count). The minimum atomic E-state index is 0.559. The molecular weight excluding hydrogens is 238 g/mol. The monoisotopic (exact) mass is 249 g/mol. The van der Waals surface area contributed by atoms with Crippen molar-refractivity contribution in [2.24, 2.45) is 0 Å². The lowest BCUT2D eigenvalue weighted by Gasteiger charge is -2.10. The van der Waals surface area contributed by atoms with Gasteiger partial charge in [-0.25, -0.2) is 4.98 Å². The maximum absolute atomic E-state index is 5.19. The molecule has 0 aliphatic heterocycles. The highest BCUT2D eigenvalue weighted by atomic mass is 32.1. The number of nitrogens with zero attached hydrogens (tertiary/aromatic N) is 1. The summed E-state index contributed by atoms with van der Waals surface area (Å²) in [5, 5.41) is 9.42. The van der Waals surface area contributed by atoms with Crippen LogP contribution in [0.1, 0.15) is 5.56 Å². The normalized spacial score (nSPS) is 9.81. The van der Waals surface area contributed by atoms with Crippen molar-refractivity contribution in [1.82, 2.24) is 4.98 Å². The van der Waals surface area contributed by atoms with Gasteiger partial charge in [0.2, 0.25) is 0 Å². The number of aromatic nitrogens is 1. The second kappa shape index (κ2) is 5.05. The Hall–Kier alpha value is -1.46. The highest BCUT2D eigenvalue weighted by Crippen LogP contribution is 2.15. The van der Waals surface area contributed by atoms with Crippen molar-refractivity contribution in [2.75, 3.05) is 10.6 Å². The summed E-state index contributed by atoms with van der Waals surface area (Å²) in [6.45, 7) is 2.04. The van der Waals surface area contributed by atoms with Crippen molar-refractivity contribution in [3.63, 3.8) is 0 Å². The molecule has 0 unspecified atom stereocenters. The molecule has 16 heavy (non-hydrogen) atoms. The van der Waals surface area contributed by atoms with E-state index in [1.165, 1.54) is 11.3 Å². The predicted octanol–water partition coefficient (Wildman–Crippen LogP) is 3.26. The lowest BCUT2D eigenvalue weighted by molar-refractivity contribution is 1.40. The Morgan fingerprint density at radius 1 is 1.31 bits per heavy atom. The molecule has 3 nitrogen and oxygen atoms in total. The molecule has 2 N–H and O–H groups in total. The number of anilines is 2. The lowest BCUT2D eigenvalue weighted by atomic mass is 10.2. The number of para-hydroxylation sites is 1. The van der Waals surface area contributed by atoms with Crippen LogP contribution in [0.25, 0.3) is 0 Å². The maximum atomic E-state index is 5.19. The molecule has 0 aliphatic rings. The third-order valence-electron chi connectivity index (χ3n) is 2.05. The summed E-state index contributed by atoms with van der Waals surface area (Å²) in [6.07, 6.45) is 1.74. The Bertz CT molecular complexity index is 480. The number of rotatable bonds is 2. The van der Waals surface area contributed by atoms with Crippen LogP contribution in [0, 0.1) is 6.92 Å². The molecule has 1 aromatic heterocycles. The van der Waals surface area contributed by atoms with Gasteiger partial charge in [0.05, 0.1) is 0 Å². The highest BCUT2D eigenvalue weighted by Gasteiger charge is 2.01. The van der Waals surface area contributed by atoms with Crippen molar-refractivity contribution < 1.29 is 0 Å². The van der Waals surface area contributed by atoms with Crippen LogP contribution in [-0.2, 0) is 0 Å². The van der Waals surface area contributed by atoms with Crippen LogP contribution in [0.4, 0.5) is 10.8 Å². The zero-order valence-electron chi connectivity index (χ0n) is 8.73. The van der Waals surface area contributed by atoms with E-state index < -0.39 is 0 Å². The van der Waals surface area contributed by atoms with E-state index in [-0.39, 0.29) is 0 Å². The van der Waals surface area contributed by atoms with Crippen molar-refractivity contribution in [1.29, 1.82) is 0 Å². The van der Waals surface area contributed by atoms with Gasteiger partial charge in [0.15, 0.2) is 10.2 Å². The smallest absolute Gasteiger partial charge is 0.188 e. The fourth-order valence-electron chi connectivity index (χ4n) is 1.25. The Balaban J connectivity index is 2.00. The van der Waals surface area contributed by atoms with Crippen LogP contribution in [0.2, 0.25) is 0 Å². The van der Waals surface area contributed by atoms with Crippen LogP contribution >= 0.6 is 23.6 Å². The Morgan fingerprint density at radius 3 is 2.81 bits per heavy atom.